The molecule has 1 aromatic carbocycles. The summed E-state index contributed by atoms with van der Waals surface area (Å²) in [5, 5.41) is 10.6. The smallest absolute Gasteiger partial charge is 0.222 e. The van der Waals surface area contributed by atoms with E-state index in [1.807, 2.05) is 29.8 Å². The standard InChI is InChI=1S/C12H9N6S/c1-2-10(5-11-9(1)3-4-13-11)17-7-15-16-18(17)12-6-19-8-14-12/h1-6,8,13,16H. The Morgan fingerprint density at radius 3 is 3.16 bits per heavy atom. The molecule has 93 valence electrons. The Bertz CT molecular complexity index is 732. The lowest BCUT2D eigenvalue weighted by Crippen LogP contribution is -2.43. The summed E-state index contributed by atoms with van der Waals surface area (Å²) in [5.74, 6) is 0.783. The van der Waals surface area contributed by atoms with Crippen LogP contribution >= 0.6 is 11.3 Å². The Morgan fingerprint density at radius 2 is 2.26 bits per heavy atom. The van der Waals surface area contributed by atoms with Gasteiger partial charge in [-0.05, 0) is 23.6 Å². The Balaban J connectivity index is 1.75. The van der Waals surface area contributed by atoms with Crippen molar-refractivity contribution in [2.75, 3.05) is 10.1 Å². The molecule has 0 saturated carbocycles. The first kappa shape index (κ1) is 10.4. The van der Waals surface area contributed by atoms with E-state index in [0.717, 1.165) is 17.0 Å². The van der Waals surface area contributed by atoms with Crippen LogP contribution in [-0.4, -0.2) is 16.3 Å². The van der Waals surface area contributed by atoms with Gasteiger partial charge in [-0.1, -0.05) is 6.07 Å². The number of thiazole rings is 1. The number of nitrogens with one attached hydrogen (secondary N) is 2. The number of fused-ring (bicyclic) bond motifs is 1. The summed E-state index contributed by atoms with van der Waals surface area (Å²) in [6, 6.07) is 8.16. The van der Waals surface area contributed by atoms with Gasteiger partial charge in [-0.15, -0.1) is 16.4 Å². The van der Waals surface area contributed by atoms with Crippen molar-refractivity contribution in [3.05, 3.63) is 41.4 Å². The van der Waals surface area contributed by atoms with Crippen molar-refractivity contribution in [1.82, 2.24) is 15.5 Å². The Labute approximate surface area is 112 Å². The monoisotopic (exact) mass is 269 g/mol. The number of rotatable bonds is 2. The molecule has 1 radical (unpaired) electrons. The molecule has 0 fully saturated rings. The molecule has 1 aliphatic rings. The number of hydrogen-bond donors (Lipinski definition) is 2. The highest BCUT2D eigenvalue weighted by molar-refractivity contribution is 7.07. The molecular weight excluding hydrogens is 260 g/mol. The third-order valence-electron chi connectivity index (χ3n) is 2.91. The van der Waals surface area contributed by atoms with Crippen molar-refractivity contribution in [3.8, 4) is 0 Å². The fraction of sp³-hybridized carbons (Fsp3) is 0. The molecule has 0 atom stereocenters. The molecule has 0 aliphatic carbocycles. The minimum Gasteiger partial charge on any atom is -0.361 e. The molecule has 2 aromatic heterocycles. The summed E-state index contributed by atoms with van der Waals surface area (Å²) in [4.78, 5) is 7.45. The number of hydrazine groups is 2. The van der Waals surface area contributed by atoms with Gasteiger partial charge in [0.25, 0.3) is 0 Å². The maximum absolute atomic E-state index is 4.26. The fourth-order valence-corrected chi connectivity index (χ4v) is 2.52. The maximum atomic E-state index is 4.26. The van der Waals surface area contributed by atoms with Crippen molar-refractivity contribution in [2.45, 2.75) is 0 Å². The molecule has 19 heavy (non-hydrogen) atoms. The second-order valence-electron chi connectivity index (χ2n) is 4.03. The molecule has 2 N–H and O–H groups in total. The molecule has 7 heteroatoms. The minimum atomic E-state index is 0.783. The van der Waals surface area contributed by atoms with Crippen LogP contribution in [0.15, 0.2) is 46.5 Å². The van der Waals surface area contributed by atoms with E-state index in [9.17, 15) is 0 Å². The fourth-order valence-electron chi connectivity index (χ4n) is 2.01. The van der Waals surface area contributed by atoms with Crippen LogP contribution in [0.5, 0.6) is 0 Å². The van der Waals surface area contributed by atoms with Gasteiger partial charge >= 0.3 is 0 Å². The van der Waals surface area contributed by atoms with Gasteiger partial charge in [-0.2, -0.15) is 10.7 Å². The summed E-state index contributed by atoms with van der Waals surface area (Å²) < 4.78 is 0. The van der Waals surface area contributed by atoms with E-state index in [1.165, 1.54) is 16.7 Å². The average Bonchev–Trinajstić information content (AvgIpc) is 3.18. The zero-order valence-electron chi connectivity index (χ0n) is 9.74. The van der Waals surface area contributed by atoms with Crippen LogP contribution in [0.25, 0.3) is 10.9 Å². The molecular formula is C12H9N6S. The number of nitrogens with zero attached hydrogens (tertiary/aromatic N) is 4. The lowest BCUT2D eigenvalue weighted by atomic mass is 10.2. The zero-order valence-corrected chi connectivity index (χ0v) is 10.6. The number of aromatic amines is 1. The van der Waals surface area contributed by atoms with Crippen molar-refractivity contribution in [3.63, 3.8) is 0 Å². The van der Waals surface area contributed by atoms with Gasteiger partial charge < -0.3 is 4.98 Å². The third-order valence-corrected chi connectivity index (χ3v) is 3.48. The van der Waals surface area contributed by atoms with Crippen LogP contribution in [0.1, 0.15) is 0 Å². The summed E-state index contributed by atoms with van der Waals surface area (Å²) in [7, 11) is 0. The normalized spacial score (nSPS) is 14.3. The molecule has 0 saturated heterocycles. The van der Waals surface area contributed by atoms with Gasteiger partial charge in [0.2, 0.25) is 6.34 Å². The van der Waals surface area contributed by atoms with Gasteiger partial charge in [-0.3, -0.25) is 0 Å². The van der Waals surface area contributed by atoms with Crippen molar-refractivity contribution in [1.29, 1.82) is 0 Å². The molecule has 3 heterocycles. The molecule has 1 aliphatic heterocycles. The number of anilines is 2. The van der Waals surface area contributed by atoms with Crippen LogP contribution in [0.4, 0.5) is 11.5 Å². The lowest BCUT2D eigenvalue weighted by Gasteiger charge is -2.25. The predicted octanol–water partition coefficient (Wildman–Crippen LogP) is 2.19. The van der Waals surface area contributed by atoms with Crippen LogP contribution in [0, 0.1) is 0 Å². The van der Waals surface area contributed by atoms with Gasteiger partial charge in [0.1, 0.15) is 0 Å². The minimum absolute atomic E-state index is 0.783. The number of H-pyrrole nitrogens is 1. The molecule has 0 spiro atoms. The van der Waals surface area contributed by atoms with Crippen molar-refractivity contribution < 1.29 is 0 Å². The number of hydrogen-bond acceptors (Lipinski definition) is 6. The third kappa shape index (κ3) is 1.63. The molecule has 0 amide bonds. The highest BCUT2D eigenvalue weighted by Gasteiger charge is 2.22. The Morgan fingerprint density at radius 1 is 1.26 bits per heavy atom. The predicted molar refractivity (Wildman–Crippen MR) is 75.9 cm³/mol. The Kier molecular flexibility index (Phi) is 2.18. The zero-order chi connectivity index (χ0) is 12.7. The van der Waals surface area contributed by atoms with E-state index >= 15 is 0 Å². The van der Waals surface area contributed by atoms with Crippen LogP contribution in [-0.2, 0) is 0 Å². The second kappa shape index (κ2) is 3.99. The molecule has 0 bridgehead atoms. The first-order valence-corrected chi connectivity index (χ1v) is 6.63. The highest BCUT2D eigenvalue weighted by atomic mass is 32.1. The lowest BCUT2D eigenvalue weighted by molar-refractivity contribution is 0.714. The van der Waals surface area contributed by atoms with Gasteiger partial charge in [0, 0.05) is 17.1 Å². The van der Waals surface area contributed by atoms with E-state index in [-0.39, 0.29) is 0 Å². The van der Waals surface area contributed by atoms with E-state index in [2.05, 4.69) is 33.0 Å². The molecule has 0 unspecified atom stereocenters. The molecule has 4 rings (SSSR count). The van der Waals surface area contributed by atoms with Crippen LogP contribution < -0.4 is 15.7 Å². The summed E-state index contributed by atoms with van der Waals surface area (Å²) in [6.45, 7) is 0. The first-order valence-electron chi connectivity index (χ1n) is 5.68. The maximum Gasteiger partial charge on any atom is 0.222 e. The number of hydrazone groups is 1. The highest BCUT2D eigenvalue weighted by Crippen LogP contribution is 2.25. The number of aromatic nitrogens is 2. The van der Waals surface area contributed by atoms with Gasteiger partial charge in [0.05, 0.1) is 11.2 Å². The van der Waals surface area contributed by atoms with Crippen LogP contribution in [0.2, 0.25) is 0 Å². The van der Waals surface area contributed by atoms with E-state index in [1.54, 1.807) is 15.6 Å². The average molecular weight is 269 g/mol. The van der Waals surface area contributed by atoms with Crippen molar-refractivity contribution in [2.24, 2.45) is 5.10 Å². The quantitative estimate of drug-likeness (QED) is 0.748. The SMILES string of the molecule is [C]1=NNN(c2cscn2)N1c1ccc2cc[nH]c2c1. The summed E-state index contributed by atoms with van der Waals surface area (Å²) in [5.41, 5.74) is 6.66. The largest absolute Gasteiger partial charge is 0.361 e. The molecule has 3 aromatic rings. The van der Waals surface area contributed by atoms with Gasteiger partial charge in [0.15, 0.2) is 5.82 Å². The number of benzene rings is 1. The van der Waals surface area contributed by atoms with Crippen molar-refractivity contribution >= 4 is 40.1 Å². The summed E-state index contributed by atoms with van der Waals surface area (Å²) in [6.07, 6.45) is 4.82. The first-order chi connectivity index (χ1) is 9.42. The second-order valence-corrected chi connectivity index (χ2v) is 4.75. The van der Waals surface area contributed by atoms with Gasteiger partial charge in [-0.25, -0.2) is 9.99 Å². The topological polar surface area (TPSA) is 59.6 Å². The molecule has 6 nitrogen and oxygen atoms in total. The Hall–Kier alpha value is -2.54. The van der Waals surface area contributed by atoms with E-state index < -0.39 is 0 Å². The van der Waals surface area contributed by atoms with E-state index in [0.29, 0.717) is 0 Å². The van der Waals surface area contributed by atoms with Crippen LogP contribution in [0.3, 0.4) is 0 Å². The summed E-state index contributed by atoms with van der Waals surface area (Å²) >= 11 is 1.53. The van der Waals surface area contributed by atoms with E-state index in [4.69, 9.17) is 0 Å².